The topological polar surface area (TPSA) is 81.7 Å². The summed E-state index contributed by atoms with van der Waals surface area (Å²) in [5.74, 6) is -3.99. The maximum atomic E-state index is 13.5. The Labute approximate surface area is 211 Å². The number of nitrogens with two attached hydrogens (primary N) is 1. The lowest BCUT2D eigenvalue weighted by Gasteiger charge is -2.30. The molecule has 0 atom stereocenters. The molecule has 1 saturated carbocycles. The van der Waals surface area contributed by atoms with Crippen LogP contribution >= 0.6 is 23.2 Å². The van der Waals surface area contributed by atoms with Crippen molar-refractivity contribution in [3.05, 3.63) is 33.6 Å². The zero-order valence-corrected chi connectivity index (χ0v) is 19.7. The Hall–Kier alpha value is -2.68. The van der Waals surface area contributed by atoms with E-state index in [1.165, 1.54) is 0 Å². The number of nitrogens with one attached hydrogen (secondary N) is 1. The summed E-state index contributed by atoms with van der Waals surface area (Å²) in [6, 6.07) is 0.415. The van der Waals surface area contributed by atoms with Gasteiger partial charge in [-0.1, -0.05) is 23.2 Å². The first-order valence-electron chi connectivity index (χ1n) is 10.5. The highest BCUT2D eigenvalue weighted by molar-refractivity contribution is 6.38. The first-order chi connectivity index (χ1) is 17.0. The summed E-state index contributed by atoms with van der Waals surface area (Å²) in [4.78, 5) is 6.84. The normalized spacial score (nSPS) is 19.4. The van der Waals surface area contributed by atoms with Gasteiger partial charge in [0.05, 0.1) is 21.5 Å². The lowest BCUT2D eigenvalue weighted by Crippen LogP contribution is -2.33. The smallest absolute Gasteiger partial charge is 0.383 e. The fraction of sp³-hybridized carbons (Fsp3) is 0.450. The van der Waals surface area contributed by atoms with Gasteiger partial charge < -0.3 is 11.1 Å². The maximum Gasteiger partial charge on any atom is 0.451 e. The van der Waals surface area contributed by atoms with Gasteiger partial charge in [0.2, 0.25) is 5.82 Å². The molecule has 2 heterocycles. The van der Waals surface area contributed by atoms with Crippen molar-refractivity contribution in [2.24, 2.45) is 5.92 Å². The molecule has 0 aliphatic heterocycles. The number of hydrogen-bond donors (Lipinski definition) is 2. The van der Waals surface area contributed by atoms with Crippen molar-refractivity contribution in [3.63, 3.8) is 0 Å². The van der Waals surface area contributed by atoms with Crippen LogP contribution in [0.1, 0.15) is 37.1 Å². The summed E-state index contributed by atoms with van der Waals surface area (Å²) in [5, 5.41) is 5.23. The van der Waals surface area contributed by atoms with Gasteiger partial charge in [0, 0.05) is 6.04 Å². The third-order valence-electron chi connectivity index (χ3n) is 5.91. The van der Waals surface area contributed by atoms with E-state index in [2.05, 4.69) is 20.4 Å². The lowest BCUT2D eigenvalue weighted by atomic mass is 9.85. The van der Waals surface area contributed by atoms with E-state index in [0.29, 0.717) is 12.1 Å². The first kappa shape index (κ1) is 27.4. The van der Waals surface area contributed by atoms with Gasteiger partial charge in [0.25, 0.3) is 0 Å². The van der Waals surface area contributed by atoms with Crippen molar-refractivity contribution in [2.75, 3.05) is 11.1 Å². The fourth-order valence-electron chi connectivity index (χ4n) is 4.10. The van der Waals surface area contributed by atoms with Crippen molar-refractivity contribution < 1.29 is 39.5 Å². The average Bonchev–Trinajstić information content (AvgIpc) is 3.08. The second-order valence-corrected chi connectivity index (χ2v) is 9.22. The van der Waals surface area contributed by atoms with Crippen LogP contribution < -0.4 is 11.1 Å². The van der Waals surface area contributed by atoms with Gasteiger partial charge in [0.1, 0.15) is 22.7 Å². The van der Waals surface area contributed by atoms with E-state index < -0.39 is 69.2 Å². The Balaban J connectivity index is 1.80. The molecule has 2 aromatic heterocycles. The molecule has 1 aromatic carbocycles. The third-order valence-corrected chi connectivity index (χ3v) is 6.49. The Kier molecular flexibility index (Phi) is 6.84. The van der Waals surface area contributed by atoms with Gasteiger partial charge in [-0.3, -0.25) is 0 Å². The quantitative estimate of drug-likeness (QED) is 0.318. The summed E-state index contributed by atoms with van der Waals surface area (Å²) in [7, 11) is 0. The van der Waals surface area contributed by atoms with E-state index in [-0.39, 0.29) is 36.8 Å². The lowest BCUT2D eigenvalue weighted by molar-refractivity contribution is -0.182. The molecule has 0 unspecified atom stereocenters. The molecule has 6 nitrogen and oxygen atoms in total. The van der Waals surface area contributed by atoms with Crippen LogP contribution in [0.15, 0.2) is 12.1 Å². The monoisotopic (exact) mass is 580 g/mol. The second-order valence-electron chi connectivity index (χ2n) is 8.41. The number of nitrogens with zero attached hydrogens (tertiary/aromatic N) is 4. The van der Waals surface area contributed by atoms with E-state index in [1.807, 2.05) is 0 Å². The van der Waals surface area contributed by atoms with E-state index in [9.17, 15) is 39.5 Å². The maximum absolute atomic E-state index is 13.5. The Morgan fingerprint density at radius 3 is 1.92 bits per heavy atom. The van der Waals surface area contributed by atoms with Gasteiger partial charge in [0.15, 0.2) is 5.65 Å². The van der Waals surface area contributed by atoms with Crippen LogP contribution in [-0.4, -0.2) is 32.0 Å². The molecule has 1 aliphatic rings. The van der Waals surface area contributed by atoms with Crippen LogP contribution in [0.5, 0.6) is 0 Å². The number of aromatic nitrogens is 4. The van der Waals surface area contributed by atoms with Gasteiger partial charge in [-0.05, 0) is 37.8 Å². The number of halogens is 11. The minimum absolute atomic E-state index is 0.0123. The molecule has 0 amide bonds. The number of hydrogen-bond acceptors (Lipinski definition) is 5. The van der Waals surface area contributed by atoms with Crippen molar-refractivity contribution in [1.82, 2.24) is 19.7 Å². The zero-order valence-electron chi connectivity index (χ0n) is 18.2. The van der Waals surface area contributed by atoms with Crippen molar-refractivity contribution in [3.8, 4) is 5.69 Å². The number of fused-ring (bicyclic) bond motifs is 1. The molecular weight excluding hydrogens is 566 g/mol. The summed E-state index contributed by atoms with van der Waals surface area (Å²) < 4.78 is 119. The molecule has 0 bridgehead atoms. The molecule has 0 radical (unpaired) electrons. The Bertz CT molecular complexity index is 1300. The largest absolute Gasteiger partial charge is 0.451 e. The summed E-state index contributed by atoms with van der Waals surface area (Å²) in [6.45, 7) is 0. The molecule has 3 N–H and O–H groups in total. The van der Waals surface area contributed by atoms with Crippen molar-refractivity contribution in [2.45, 2.75) is 50.3 Å². The number of alkyl halides is 9. The second kappa shape index (κ2) is 9.26. The molecule has 3 aromatic rings. The average molecular weight is 581 g/mol. The van der Waals surface area contributed by atoms with E-state index >= 15 is 0 Å². The van der Waals surface area contributed by atoms with Crippen molar-refractivity contribution >= 4 is 45.9 Å². The number of rotatable bonds is 3. The predicted octanol–water partition coefficient (Wildman–Crippen LogP) is 7.28. The minimum atomic E-state index is -5.03. The molecular formula is C20H15Cl2F9N6. The minimum Gasteiger partial charge on any atom is -0.383 e. The molecule has 17 heteroatoms. The highest BCUT2D eigenvalue weighted by Gasteiger charge is 2.42. The van der Waals surface area contributed by atoms with Gasteiger partial charge in [-0.25, -0.2) is 14.6 Å². The number of nitrogen functional groups attached to an aromatic ring is 1. The molecule has 0 spiro atoms. The molecule has 1 aliphatic carbocycles. The van der Waals surface area contributed by atoms with Crippen molar-refractivity contribution in [1.29, 1.82) is 0 Å². The van der Waals surface area contributed by atoms with Gasteiger partial charge >= 0.3 is 18.5 Å². The van der Waals surface area contributed by atoms with Gasteiger partial charge in [-0.2, -0.15) is 39.5 Å². The summed E-state index contributed by atoms with van der Waals surface area (Å²) in [6.07, 6.45) is -14.7. The van der Waals surface area contributed by atoms with E-state index in [0.717, 1.165) is 4.68 Å². The standard InChI is InChI=1S/C20H15Cl2F9N6/c21-10-5-8(19(26,27)28)6-11(22)13(10)37-14(32)12-15(34-17(20(29,30)31)35-16(12)36-37)33-9-3-1-7(2-4-9)18(23,24)25/h5-7,9H,1-4,32H2,(H,33,34,35,36). The van der Waals surface area contributed by atoms with Gasteiger partial charge in [-0.15, -0.1) is 5.10 Å². The SMILES string of the molecule is Nc1c2c(NC3CCC(C(F)(F)F)CC3)nc(C(F)(F)F)nc2nn1-c1c(Cl)cc(C(F)(F)F)cc1Cl. The molecule has 0 saturated heterocycles. The van der Waals surface area contributed by atoms with Crippen LogP contribution in [0, 0.1) is 5.92 Å². The summed E-state index contributed by atoms with van der Waals surface area (Å²) >= 11 is 12.0. The van der Waals surface area contributed by atoms with E-state index in [4.69, 9.17) is 28.9 Å². The van der Waals surface area contributed by atoms with Crippen LogP contribution in [-0.2, 0) is 12.4 Å². The Morgan fingerprint density at radius 1 is 0.865 bits per heavy atom. The number of anilines is 2. The zero-order chi connectivity index (χ0) is 27.5. The molecule has 202 valence electrons. The Morgan fingerprint density at radius 2 is 1.43 bits per heavy atom. The van der Waals surface area contributed by atoms with E-state index in [1.54, 1.807) is 0 Å². The molecule has 37 heavy (non-hydrogen) atoms. The van der Waals surface area contributed by atoms with Crippen LogP contribution in [0.2, 0.25) is 10.0 Å². The summed E-state index contributed by atoms with van der Waals surface area (Å²) in [5.41, 5.74) is 3.97. The predicted molar refractivity (Wildman–Crippen MR) is 117 cm³/mol. The fourth-order valence-corrected chi connectivity index (χ4v) is 4.75. The first-order valence-corrected chi connectivity index (χ1v) is 11.3. The third kappa shape index (κ3) is 5.47. The van der Waals surface area contributed by atoms with Crippen LogP contribution in [0.4, 0.5) is 51.1 Å². The highest BCUT2D eigenvalue weighted by atomic mass is 35.5. The number of benzene rings is 1. The highest BCUT2D eigenvalue weighted by Crippen LogP contribution is 2.42. The molecule has 1 fully saturated rings. The molecule has 4 rings (SSSR count). The van der Waals surface area contributed by atoms with Crippen LogP contribution in [0.25, 0.3) is 16.7 Å². The van der Waals surface area contributed by atoms with Crippen LogP contribution in [0.3, 0.4) is 0 Å².